The van der Waals surface area contributed by atoms with Crippen molar-refractivity contribution in [2.24, 2.45) is 14.1 Å². The first-order valence-electron chi connectivity index (χ1n) is 16.4. The summed E-state index contributed by atoms with van der Waals surface area (Å²) < 4.78 is 12.2. The van der Waals surface area contributed by atoms with E-state index >= 15 is 0 Å². The van der Waals surface area contributed by atoms with Gasteiger partial charge in [0.2, 0.25) is 0 Å². The van der Waals surface area contributed by atoms with Crippen LogP contribution >= 0.6 is 35.1 Å². The van der Waals surface area contributed by atoms with Gasteiger partial charge in [0, 0.05) is 64.7 Å². The lowest BCUT2D eigenvalue weighted by Crippen LogP contribution is -2.10. The molecule has 8 bridgehead atoms. The molecule has 2 aliphatic rings. The Morgan fingerprint density at radius 3 is 2.67 bits per heavy atom. The third kappa shape index (κ3) is 5.57. The van der Waals surface area contributed by atoms with Crippen molar-refractivity contribution in [2.45, 2.75) is 60.7 Å². The summed E-state index contributed by atoms with van der Waals surface area (Å²) in [5, 5.41) is 21.8. The number of hydrogen-bond acceptors (Lipinski definition) is 6. The molecule has 1 aliphatic heterocycles. The first kappa shape index (κ1) is 31.4. The molecule has 0 amide bonds. The fourth-order valence-electron chi connectivity index (χ4n) is 7.41. The maximum Gasteiger partial charge on any atom is 0.352 e. The minimum absolute atomic E-state index is 0.282. The van der Waals surface area contributed by atoms with Crippen LogP contribution in [0.4, 0.5) is 0 Å². The monoisotopic (exact) mass is 697 g/mol. The highest BCUT2D eigenvalue weighted by molar-refractivity contribution is 7.98. The van der Waals surface area contributed by atoms with Crippen LogP contribution in [-0.2, 0) is 50.6 Å². The van der Waals surface area contributed by atoms with E-state index in [2.05, 4.69) is 18.2 Å². The third-order valence-electron chi connectivity index (χ3n) is 9.60. The lowest BCUT2D eigenvalue weighted by molar-refractivity contribution is 0.0685. The van der Waals surface area contributed by atoms with Crippen molar-refractivity contribution >= 4 is 57.5 Å². The van der Waals surface area contributed by atoms with Crippen molar-refractivity contribution in [3.8, 4) is 16.9 Å². The maximum atomic E-state index is 12.8. The first-order valence-corrected chi connectivity index (χ1v) is 18.9. The van der Waals surface area contributed by atoms with Gasteiger partial charge in [-0.25, -0.2) is 9.31 Å². The number of thioether (sulfide) groups is 2. The van der Waals surface area contributed by atoms with E-state index in [9.17, 15) is 9.90 Å². The van der Waals surface area contributed by atoms with Crippen molar-refractivity contribution in [3.05, 3.63) is 99.2 Å². The average molecular weight is 698 g/mol. The van der Waals surface area contributed by atoms with Gasteiger partial charge in [0.15, 0.2) is 0 Å². The highest BCUT2D eigenvalue weighted by Crippen LogP contribution is 2.43. The second kappa shape index (κ2) is 12.9. The molecule has 0 unspecified atom stereocenters. The second-order valence-electron chi connectivity index (χ2n) is 12.6. The number of nitrogens with zero attached hydrogens (tertiary/aromatic N) is 5. The Morgan fingerprint density at radius 2 is 1.79 bits per heavy atom. The molecule has 48 heavy (non-hydrogen) atoms. The smallest absolute Gasteiger partial charge is 0.352 e. The van der Waals surface area contributed by atoms with Crippen molar-refractivity contribution in [3.63, 3.8) is 0 Å². The zero-order valence-corrected chi connectivity index (χ0v) is 29.4. The van der Waals surface area contributed by atoms with Gasteiger partial charge in [0.25, 0.3) is 0 Å². The molecule has 1 N–H and O–H groups in total. The Bertz CT molecular complexity index is 2220. The number of hydrogen-bond donors (Lipinski definition) is 1. The molecule has 0 saturated carbocycles. The number of carboxylic acids is 1. The summed E-state index contributed by atoms with van der Waals surface area (Å²) in [5.41, 5.74) is 10.4. The van der Waals surface area contributed by atoms with Crippen LogP contribution in [0, 0.1) is 0 Å². The molecule has 11 heteroatoms. The molecular weight excluding hydrogens is 662 g/mol. The van der Waals surface area contributed by atoms with Crippen molar-refractivity contribution in [1.29, 1.82) is 0 Å². The number of ether oxygens (including phenoxy) is 1. The van der Waals surface area contributed by atoms with Crippen LogP contribution in [0.3, 0.4) is 0 Å². The van der Waals surface area contributed by atoms with Crippen LogP contribution in [0.5, 0.6) is 5.75 Å². The third-order valence-corrected chi connectivity index (χ3v) is 11.9. The molecule has 0 radical (unpaired) electrons. The number of benzene rings is 2. The van der Waals surface area contributed by atoms with Crippen LogP contribution in [-0.4, -0.2) is 41.6 Å². The van der Waals surface area contributed by atoms with Crippen LogP contribution < -0.4 is 4.74 Å². The van der Waals surface area contributed by atoms with Gasteiger partial charge in [0.1, 0.15) is 11.4 Å². The summed E-state index contributed by atoms with van der Waals surface area (Å²) in [4.78, 5) is 14.0. The number of aromatic carboxylic acids is 1. The van der Waals surface area contributed by atoms with Crippen LogP contribution in [0.1, 0.15) is 63.5 Å². The number of aromatic nitrogens is 5. The Labute approximate surface area is 292 Å². The first-order chi connectivity index (χ1) is 23.4. The summed E-state index contributed by atoms with van der Waals surface area (Å²) in [6.45, 7) is 0.497. The van der Waals surface area contributed by atoms with E-state index in [-0.39, 0.29) is 5.69 Å². The highest BCUT2D eigenvalue weighted by Gasteiger charge is 2.27. The summed E-state index contributed by atoms with van der Waals surface area (Å²) in [6, 6.07) is 16.6. The number of aryl methyl sites for hydroxylation is 4. The van der Waals surface area contributed by atoms with Crippen molar-refractivity contribution in [2.75, 3.05) is 6.61 Å². The van der Waals surface area contributed by atoms with Gasteiger partial charge in [-0.3, -0.25) is 4.68 Å². The molecule has 1 aliphatic carbocycles. The molecule has 8 nitrogen and oxygen atoms in total. The van der Waals surface area contributed by atoms with Crippen LogP contribution in [0.15, 0.2) is 59.6 Å². The Kier molecular flexibility index (Phi) is 8.42. The Hall–Kier alpha value is -3.86. The minimum Gasteiger partial charge on any atom is -0.493 e. The highest BCUT2D eigenvalue weighted by atomic mass is 35.5. The van der Waals surface area contributed by atoms with Gasteiger partial charge < -0.3 is 14.4 Å². The van der Waals surface area contributed by atoms with E-state index in [1.807, 2.05) is 71.6 Å². The molecule has 2 aromatic carbocycles. The zero-order chi connectivity index (χ0) is 32.9. The fraction of sp³-hybridized carbons (Fsp3) is 0.324. The number of rotatable bonds is 1. The number of fused-ring (bicyclic) bond motifs is 10. The molecular formula is C37H36ClN5O3S2. The molecule has 246 valence electrons. The molecule has 0 atom stereocenters. The van der Waals surface area contributed by atoms with E-state index in [4.69, 9.17) is 26.5 Å². The minimum atomic E-state index is -0.953. The van der Waals surface area contributed by atoms with Gasteiger partial charge in [0.05, 0.1) is 34.1 Å². The summed E-state index contributed by atoms with van der Waals surface area (Å²) in [5.74, 6) is 2.21. The number of carboxylic acid groups (broad SMARTS) is 1. The summed E-state index contributed by atoms with van der Waals surface area (Å²) >= 11 is 10.7. The molecule has 0 fully saturated rings. The number of pyridine rings is 1. The molecule has 5 heterocycles. The largest absolute Gasteiger partial charge is 0.493 e. The topological polar surface area (TPSA) is 86.6 Å². The molecule has 4 aromatic heterocycles. The van der Waals surface area contributed by atoms with Crippen LogP contribution in [0.2, 0.25) is 5.02 Å². The maximum absolute atomic E-state index is 12.8. The zero-order valence-electron chi connectivity index (χ0n) is 27.0. The standard InChI is InChI=1S/C37H36ClN5O3S2/c1-41-35-28-12-13-29(38)33(35)34-30(40-43-14-6-5-11-31(34)43)21-47-19-23-17-24(42(2)39-23)20-48-25-16-22-8-3-4-9-26(22)32(18-25)46-15-7-10-27(28)36(41)37(44)45/h5-6,11-14,16-18H,3-4,7-10,15,19-21H2,1-2H3,(H,44,45). The molecule has 0 saturated heterocycles. The van der Waals surface area contributed by atoms with E-state index in [1.54, 1.807) is 16.3 Å². The molecule has 6 aromatic rings. The van der Waals surface area contributed by atoms with Gasteiger partial charge in [-0.05, 0) is 91.6 Å². The van der Waals surface area contributed by atoms with Gasteiger partial charge >= 0.3 is 5.97 Å². The lowest BCUT2D eigenvalue weighted by Gasteiger charge is -2.21. The van der Waals surface area contributed by atoms with E-state index < -0.39 is 5.97 Å². The SMILES string of the molecule is Cn1nc2cc1CSc1cc3c(c(c1)OCCCc1c(C(=O)O)n(C)c4c(c(Cl)ccc14)-c1c(nn4ccccc14)CSC2)CCCC3. The number of carbonyl (C=O) groups is 1. The quantitative estimate of drug-likeness (QED) is 0.184. The second-order valence-corrected chi connectivity index (χ2v) is 15.1. The fourth-order valence-corrected chi connectivity index (χ4v) is 9.51. The lowest BCUT2D eigenvalue weighted by atomic mass is 9.91. The van der Waals surface area contributed by atoms with Crippen molar-refractivity contribution in [1.82, 2.24) is 24.0 Å². The predicted octanol–water partition coefficient (Wildman–Crippen LogP) is 8.51. The Balaban J connectivity index is 1.27. The predicted molar refractivity (Wildman–Crippen MR) is 194 cm³/mol. The van der Waals surface area contributed by atoms with Gasteiger partial charge in [-0.1, -0.05) is 23.7 Å². The molecule has 8 rings (SSSR count). The summed E-state index contributed by atoms with van der Waals surface area (Å²) in [7, 11) is 3.85. The normalized spacial score (nSPS) is 15.6. The number of halogens is 1. The van der Waals surface area contributed by atoms with Gasteiger partial charge in [-0.15, -0.1) is 23.5 Å². The average Bonchev–Trinajstić information content (AvgIpc) is 3.72. The van der Waals surface area contributed by atoms with E-state index in [0.717, 1.165) is 74.6 Å². The van der Waals surface area contributed by atoms with Crippen LogP contribution in [0.25, 0.3) is 27.5 Å². The van der Waals surface area contributed by atoms with Gasteiger partial charge in [-0.2, -0.15) is 10.2 Å². The summed E-state index contributed by atoms with van der Waals surface area (Å²) in [6.07, 6.45) is 7.66. The molecule has 0 spiro atoms. The van der Waals surface area contributed by atoms with E-state index in [1.165, 1.54) is 34.6 Å². The Morgan fingerprint density at radius 1 is 0.938 bits per heavy atom. The van der Waals surface area contributed by atoms with Crippen molar-refractivity contribution < 1.29 is 14.6 Å². The van der Waals surface area contributed by atoms with E-state index in [0.29, 0.717) is 30.2 Å².